The first-order valence-corrected chi connectivity index (χ1v) is 53.9. The van der Waals surface area contributed by atoms with Crippen molar-refractivity contribution in [2.45, 2.75) is 207 Å². The summed E-state index contributed by atoms with van der Waals surface area (Å²) in [6.07, 6.45) is 27.1. The molecular formula is C79H129N10O23P5. The predicted octanol–water partition coefficient (Wildman–Crippen LogP) is 1.24. The Labute approximate surface area is 684 Å². The van der Waals surface area contributed by atoms with E-state index in [0.29, 0.717) is 79.7 Å². The number of aryl methyl sites for hydroxylation is 2. The molecule has 658 valence electrons. The molecule has 7 aliphatic heterocycles. The van der Waals surface area contributed by atoms with Crippen LogP contribution in [0.1, 0.15) is 101 Å². The second-order valence-corrected chi connectivity index (χ2v) is 56.2. The molecule has 0 radical (unpaired) electrons. The Morgan fingerprint density at radius 2 is 0.709 bits per heavy atom. The first-order chi connectivity index (χ1) is 53.9. The summed E-state index contributed by atoms with van der Waals surface area (Å²) in [5.74, 6) is 0.0745. The average Bonchev–Trinajstić information content (AvgIpc) is 1.61. The van der Waals surface area contributed by atoms with Gasteiger partial charge in [0.1, 0.15) is 71.7 Å². The summed E-state index contributed by atoms with van der Waals surface area (Å²) in [5, 5.41) is 109. The summed E-state index contributed by atoms with van der Waals surface area (Å²) in [7, 11) is 0. The Bertz CT molecular complexity index is 4630. The second kappa shape index (κ2) is 41.2. The van der Waals surface area contributed by atoms with Crippen molar-refractivity contribution < 1.29 is 84.3 Å². The molecule has 0 aliphatic carbocycles. The summed E-state index contributed by atoms with van der Waals surface area (Å²) >= 11 is 0. The Balaban J connectivity index is 0.000000227. The molecule has 2 amide bonds. The van der Waals surface area contributed by atoms with Crippen molar-refractivity contribution in [3.05, 3.63) is 172 Å². The molecule has 0 bridgehead atoms. The zero-order valence-electron chi connectivity index (χ0n) is 69.8. The number of nitrogens with zero attached hydrogens (tertiary/aromatic N) is 5. The molecule has 0 spiro atoms. The summed E-state index contributed by atoms with van der Waals surface area (Å²) in [6.45, 7) is 34.4. The van der Waals surface area contributed by atoms with Gasteiger partial charge in [0.2, 0.25) is 0 Å². The quantitative estimate of drug-likeness (QED) is 0.0377. The van der Waals surface area contributed by atoms with Gasteiger partial charge in [0.15, 0.2) is 31.1 Å². The molecule has 20 atom stereocenters. The van der Waals surface area contributed by atoms with Gasteiger partial charge in [0.25, 0.3) is 28.5 Å². The maximum Gasteiger partial charge on any atom is 0.330 e. The first-order valence-electron chi connectivity index (χ1n) is 38.7. The Morgan fingerprint density at radius 3 is 0.983 bits per heavy atom. The maximum atomic E-state index is 12.1. The third-order valence-electron chi connectivity index (χ3n) is 20.5. The molecule has 15 N–H and O–H groups in total. The van der Waals surface area contributed by atoms with Crippen LogP contribution in [0, 0.1) is 0 Å². The van der Waals surface area contributed by atoms with E-state index in [-0.39, 0.29) is 18.2 Å². The highest BCUT2D eigenvalue weighted by molar-refractivity contribution is 7.73. The molecule has 10 heterocycles. The average molecular weight is 1740 g/mol. The number of H-pyrrole nitrogens is 3. The smallest absolute Gasteiger partial charge is 0.330 e. The topological polar surface area (TPSA) is 478 Å². The number of hydrogen-bond acceptors (Lipinski definition) is 25. The molecule has 0 aromatic carbocycles. The highest BCUT2D eigenvalue weighted by Gasteiger charge is 2.56. The number of amides is 2. The second-order valence-electron chi connectivity index (χ2n) is 34.6. The van der Waals surface area contributed by atoms with E-state index in [1.807, 2.05) is 6.92 Å². The summed E-state index contributed by atoms with van der Waals surface area (Å²) in [4.78, 5) is 104. The van der Waals surface area contributed by atoms with Crippen LogP contribution in [0.15, 0.2) is 122 Å². The van der Waals surface area contributed by atoms with E-state index in [2.05, 4.69) is 150 Å². The minimum atomic E-state index is -1.47. The number of carbonyl (C=O) groups is 2. The van der Waals surface area contributed by atoms with E-state index in [9.17, 15) is 89.4 Å². The van der Waals surface area contributed by atoms with Gasteiger partial charge in [0, 0.05) is 59.8 Å². The number of aromatic nitrogens is 6. The highest BCUT2D eigenvalue weighted by atomic mass is 31.2. The molecule has 7 aliphatic rings. The standard InChI is InChI=1S/C17H27N2O5P.C16H27N2O5P.C16H25N2O5P.2C15H25N2O4P/c1-5-6-7-11-10-19(17(23)18-15(11)22)16-14(21)13(20)12(24-16)8-9-25(2,3)4;2*1-5-6-10-9-18(16(22)17-14(10)21)15-13(20)12(19)11(23-15)7-8-24(2,3)4;2*1-10-16-12(18)6-8-17(10)14-15(2,20)13(19)11(21-14)7-9-22(3,4)5/h5,10,12-14,16,20-21H,1-2,6-9H2,3-4H3,(H,18,22,23);9,11-13,15,19-20H,2,5-8H2,1,3-4H3,(H,17,21,22);5,9,11-13,15,19-20H,1-2,6-8H2,3-4H3,(H,17,21,22);2*6,8,11,13-14,19-20H,1,3,7,9H2,2,4-5H3,(H,16,18)/t12-,13-,14-,16-;2*11-,12-,13-,15-;11-,13-,14-,15+;11-,13-,14-,15-/m11111/s1. The van der Waals surface area contributed by atoms with Crippen LogP contribution < -0.4 is 44.4 Å². The lowest BCUT2D eigenvalue weighted by molar-refractivity contribution is -0.124. The van der Waals surface area contributed by atoms with E-state index < -0.39 is 190 Å². The van der Waals surface area contributed by atoms with E-state index in [1.165, 1.54) is 71.4 Å². The van der Waals surface area contributed by atoms with Crippen LogP contribution in [0.3, 0.4) is 0 Å². The van der Waals surface area contributed by atoms with E-state index in [4.69, 9.17) is 23.7 Å². The highest BCUT2D eigenvalue weighted by Crippen LogP contribution is 2.46. The van der Waals surface area contributed by atoms with Crippen LogP contribution in [0.25, 0.3) is 0 Å². The number of allylic oxidation sites excluding steroid dienone is 2. The largest absolute Gasteiger partial charge is 0.388 e. The molecule has 0 saturated carbocycles. The van der Waals surface area contributed by atoms with Crippen LogP contribution in [0.4, 0.5) is 0 Å². The Morgan fingerprint density at radius 1 is 0.427 bits per heavy atom. The Kier molecular flexibility index (Phi) is 35.1. The van der Waals surface area contributed by atoms with Gasteiger partial charge in [-0.1, -0.05) is 38.7 Å². The van der Waals surface area contributed by atoms with Gasteiger partial charge < -0.3 is 95.2 Å². The molecule has 5 fully saturated rings. The van der Waals surface area contributed by atoms with Crippen molar-refractivity contribution in [3.8, 4) is 0 Å². The van der Waals surface area contributed by atoms with E-state index >= 15 is 0 Å². The SMILES string of the molecule is C=C1NC(=O)C=CN1[C@@H]1O[C@H](CCP(=C)(C)C)[C@@H](O)[C@@]1(C)O.C=C1NC(=O)C=CN1[C@@H]1O[C@H](CCP(=C)(C)C)[C@@H](O)[C@]1(C)O.C=CCCc1cn([C@@H]2O[C@H](CCP(=C)(C)C)[C@@H](O)[C@H]2O)c(=O)[nH]c1=O.C=CCc1cn([C@@H]2O[C@H](CCP(=C)(C)C)[C@@H](O)[C@H]2O)c(=O)[nH]c1=O.C=P(C)(C)CC[C@H]1O[C@@H](n2cc(CCC)c(=O)[nH]c2=O)[C@H](O)[C@@H]1O. The number of ether oxygens (including phenoxy) is 5. The lowest BCUT2D eigenvalue weighted by Gasteiger charge is -2.37. The van der Waals surface area contributed by atoms with Crippen LogP contribution in [0.2, 0.25) is 0 Å². The minimum Gasteiger partial charge on any atom is -0.388 e. The van der Waals surface area contributed by atoms with Gasteiger partial charge >= 0.3 is 17.1 Å². The van der Waals surface area contributed by atoms with Gasteiger partial charge in [-0.2, -0.15) is 0 Å². The van der Waals surface area contributed by atoms with Gasteiger partial charge in [-0.05, 0) is 169 Å². The number of rotatable bonds is 27. The fourth-order valence-electron chi connectivity index (χ4n) is 13.7. The lowest BCUT2D eigenvalue weighted by atomic mass is 9.95. The number of aromatic amines is 3. The van der Waals surface area contributed by atoms with Crippen LogP contribution >= 0.6 is 34.4 Å². The molecule has 5 saturated heterocycles. The zero-order chi connectivity index (χ0) is 88.3. The zero-order valence-corrected chi connectivity index (χ0v) is 74.3. The van der Waals surface area contributed by atoms with Crippen molar-refractivity contribution in [2.24, 2.45) is 0 Å². The van der Waals surface area contributed by atoms with Gasteiger partial charge in [-0.25, -0.2) is 14.4 Å². The Hall–Kier alpha value is -6.08. The van der Waals surface area contributed by atoms with Crippen molar-refractivity contribution in [1.29, 1.82) is 0 Å². The third-order valence-corrected chi connectivity index (χ3v) is 27.8. The van der Waals surface area contributed by atoms with Crippen molar-refractivity contribution in [3.63, 3.8) is 0 Å². The van der Waals surface area contributed by atoms with Gasteiger partial charge in [0.05, 0.1) is 30.5 Å². The normalized spacial score (nSPS) is 30.5. The number of carbonyl (C=O) groups excluding carboxylic acids is 2. The molecule has 33 nitrogen and oxygen atoms in total. The van der Waals surface area contributed by atoms with Crippen molar-refractivity contribution >= 4 is 77.7 Å². The number of aliphatic hydroxyl groups excluding tert-OH is 8. The number of aliphatic hydroxyl groups is 10. The van der Waals surface area contributed by atoms with Crippen LogP contribution in [-0.4, -0.2) is 333 Å². The van der Waals surface area contributed by atoms with Gasteiger partial charge in [-0.15, -0.1) is 79.1 Å². The number of hydrogen-bond donors (Lipinski definition) is 15. The van der Waals surface area contributed by atoms with Crippen molar-refractivity contribution in [2.75, 3.05) is 97.5 Å². The molecule has 3 aromatic rings. The van der Waals surface area contributed by atoms with Gasteiger partial charge in [-0.3, -0.25) is 52.6 Å². The fraction of sp³-hybridized carbons (Fsp3) is 0.608. The first kappa shape index (κ1) is 99.7. The minimum absolute atomic E-state index is 0.278. The molecule has 10 rings (SSSR count). The monoisotopic (exact) mass is 1740 g/mol. The van der Waals surface area contributed by atoms with Crippen LogP contribution in [0.5, 0.6) is 0 Å². The lowest BCUT2D eigenvalue weighted by Crippen LogP contribution is -2.53. The van der Waals surface area contributed by atoms with Crippen LogP contribution in [-0.2, 0) is 52.5 Å². The molecule has 3 aromatic heterocycles. The third kappa shape index (κ3) is 27.5. The number of nitrogens with one attached hydrogen (secondary N) is 5. The predicted molar refractivity (Wildman–Crippen MR) is 472 cm³/mol. The molecule has 38 heteroatoms. The van der Waals surface area contributed by atoms with E-state index in [1.54, 1.807) is 12.2 Å². The summed E-state index contributed by atoms with van der Waals surface area (Å²) in [6, 6.07) is 0. The molecule has 117 heavy (non-hydrogen) atoms. The molecule has 0 unspecified atom stereocenters. The van der Waals surface area contributed by atoms with E-state index in [0.717, 1.165) is 46.4 Å². The maximum absolute atomic E-state index is 12.1. The summed E-state index contributed by atoms with van der Waals surface area (Å²) in [5.41, 5.74) is -5.14. The van der Waals surface area contributed by atoms with Crippen molar-refractivity contribution in [1.82, 2.24) is 49.1 Å². The summed E-state index contributed by atoms with van der Waals surface area (Å²) < 4.78 is 32.4. The molecular weight excluding hydrogens is 1610 g/mol. The fourth-order valence-corrected chi connectivity index (χ4v) is 18.4.